The van der Waals surface area contributed by atoms with E-state index in [4.69, 9.17) is 11.6 Å². The van der Waals surface area contributed by atoms with Gasteiger partial charge in [-0.2, -0.15) is 0 Å². The third-order valence-corrected chi connectivity index (χ3v) is 4.59. The topological polar surface area (TPSA) is 12.0 Å². The van der Waals surface area contributed by atoms with E-state index in [0.717, 1.165) is 29.0 Å². The fourth-order valence-electron chi connectivity index (χ4n) is 2.18. The molecule has 0 aliphatic heterocycles. The van der Waals surface area contributed by atoms with Crippen molar-refractivity contribution in [3.8, 4) is 0 Å². The Labute approximate surface area is 132 Å². The molecule has 0 radical (unpaired) electrons. The predicted molar refractivity (Wildman–Crippen MR) is 85.8 cm³/mol. The first kappa shape index (κ1) is 15.5. The van der Waals surface area contributed by atoms with Gasteiger partial charge in [-0.1, -0.05) is 41.9 Å². The van der Waals surface area contributed by atoms with E-state index in [9.17, 15) is 4.39 Å². The maximum Gasteiger partial charge on any atom is 0.137 e. The van der Waals surface area contributed by atoms with Gasteiger partial charge >= 0.3 is 0 Å². The van der Waals surface area contributed by atoms with E-state index in [1.165, 1.54) is 6.07 Å². The molecule has 1 nitrogen and oxygen atoms in total. The number of likely N-dealkylation sites (N-methyl/N-ethyl adjacent to an activating group) is 1. The van der Waals surface area contributed by atoms with E-state index in [1.807, 2.05) is 37.4 Å². The van der Waals surface area contributed by atoms with Crippen LogP contribution in [-0.4, -0.2) is 13.1 Å². The maximum atomic E-state index is 13.5. The van der Waals surface area contributed by atoms with Crippen molar-refractivity contribution in [2.24, 2.45) is 0 Å². The molecular weight excluding hydrogens is 341 g/mol. The van der Waals surface area contributed by atoms with Crippen LogP contribution < -0.4 is 5.32 Å². The summed E-state index contributed by atoms with van der Waals surface area (Å²) in [7, 11) is 1.91. The second-order valence-electron chi connectivity index (χ2n) is 4.70. The molecule has 0 bridgehead atoms. The number of nitrogens with one attached hydrogen (secondary N) is 1. The molecule has 0 amide bonds. The highest BCUT2D eigenvalue weighted by molar-refractivity contribution is 9.10. The van der Waals surface area contributed by atoms with Crippen LogP contribution in [0.1, 0.15) is 11.1 Å². The average Bonchev–Trinajstić information content (AvgIpc) is 2.45. The van der Waals surface area contributed by atoms with Crippen LogP contribution in [0, 0.1) is 5.82 Å². The van der Waals surface area contributed by atoms with Gasteiger partial charge in [0.05, 0.1) is 4.47 Å². The van der Waals surface area contributed by atoms with Gasteiger partial charge in [0.15, 0.2) is 0 Å². The third-order valence-electron chi connectivity index (χ3n) is 3.33. The van der Waals surface area contributed by atoms with Gasteiger partial charge in [-0.05, 0) is 59.1 Å². The summed E-state index contributed by atoms with van der Waals surface area (Å²) >= 11 is 9.50. The van der Waals surface area contributed by atoms with Crippen LogP contribution in [0.3, 0.4) is 0 Å². The minimum Gasteiger partial charge on any atom is -0.316 e. The number of hydrogen-bond acceptors (Lipinski definition) is 1. The molecule has 106 valence electrons. The van der Waals surface area contributed by atoms with Gasteiger partial charge in [0.25, 0.3) is 0 Å². The van der Waals surface area contributed by atoms with E-state index in [1.54, 1.807) is 6.07 Å². The fraction of sp³-hybridized carbons (Fsp3) is 0.250. The van der Waals surface area contributed by atoms with E-state index in [2.05, 4.69) is 21.2 Å². The van der Waals surface area contributed by atoms with Crippen molar-refractivity contribution < 1.29 is 4.39 Å². The van der Waals surface area contributed by atoms with Crippen LogP contribution in [-0.2, 0) is 12.8 Å². The van der Waals surface area contributed by atoms with Crippen LogP contribution in [0.2, 0.25) is 5.02 Å². The third kappa shape index (κ3) is 3.81. The minimum absolute atomic E-state index is 0.202. The normalized spacial score (nSPS) is 12.4. The molecule has 0 heterocycles. The Hall–Kier alpha value is -0.900. The summed E-state index contributed by atoms with van der Waals surface area (Å²) in [6.07, 6.45) is 1.54. The molecule has 4 heteroatoms. The van der Waals surface area contributed by atoms with Crippen molar-refractivity contribution >= 4 is 27.5 Å². The average molecular weight is 357 g/mol. The SMILES string of the molecule is CNC(Cc1ccccc1Cl)Cc1cccc(F)c1Br. The highest BCUT2D eigenvalue weighted by Gasteiger charge is 2.13. The van der Waals surface area contributed by atoms with Crippen LogP contribution >= 0.6 is 27.5 Å². The van der Waals surface area contributed by atoms with Gasteiger partial charge < -0.3 is 5.32 Å². The zero-order valence-electron chi connectivity index (χ0n) is 11.2. The van der Waals surface area contributed by atoms with Crippen LogP contribution in [0.25, 0.3) is 0 Å². The van der Waals surface area contributed by atoms with Crippen molar-refractivity contribution in [2.45, 2.75) is 18.9 Å². The lowest BCUT2D eigenvalue weighted by atomic mass is 9.99. The summed E-state index contributed by atoms with van der Waals surface area (Å²) in [5, 5.41) is 4.04. The molecule has 20 heavy (non-hydrogen) atoms. The molecule has 0 aliphatic rings. The molecular formula is C16H16BrClFN. The highest BCUT2D eigenvalue weighted by atomic mass is 79.9. The quantitative estimate of drug-likeness (QED) is 0.824. The van der Waals surface area contributed by atoms with E-state index >= 15 is 0 Å². The van der Waals surface area contributed by atoms with Crippen LogP contribution in [0.15, 0.2) is 46.9 Å². The molecule has 0 spiro atoms. The van der Waals surface area contributed by atoms with Crippen molar-refractivity contribution in [3.05, 3.63) is 68.9 Å². The molecule has 0 saturated carbocycles. The lowest BCUT2D eigenvalue weighted by Crippen LogP contribution is -2.30. The van der Waals surface area contributed by atoms with E-state index in [0.29, 0.717) is 4.47 Å². The summed E-state index contributed by atoms with van der Waals surface area (Å²) < 4.78 is 14.1. The summed E-state index contributed by atoms with van der Waals surface area (Å²) in [4.78, 5) is 0. The van der Waals surface area contributed by atoms with Crippen molar-refractivity contribution in [1.29, 1.82) is 0 Å². The molecule has 1 atom stereocenters. The lowest BCUT2D eigenvalue weighted by molar-refractivity contribution is 0.550. The molecule has 0 fully saturated rings. The standard InChI is InChI=1S/C16H16BrClFN/c1-20-13(9-11-5-2-3-7-14(11)18)10-12-6-4-8-15(19)16(12)17/h2-8,13,20H,9-10H2,1H3. The Morgan fingerprint density at radius 1 is 1.10 bits per heavy atom. The van der Waals surface area contributed by atoms with Crippen LogP contribution in [0.4, 0.5) is 4.39 Å². The first-order valence-electron chi connectivity index (χ1n) is 6.45. The van der Waals surface area contributed by atoms with E-state index in [-0.39, 0.29) is 11.9 Å². The largest absolute Gasteiger partial charge is 0.316 e. The number of benzene rings is 2. The minimum atomic E-state index is -0.227. The zero-order valence-corrected chi connectivity index (χ0v) is 13.5. The van der Waals surface area contributed by atoms with Crippen LogP contribution in [0.5, 0.6) is 0 Å². The fourth-order valence-corrected chi connectivity index (χ4v) is 2.82. The Balaban J connectivity index is 2.14. The van der Waals surface area contributed by atoms with Gasteiger partial charge in [-0.3, -0.25) is 0 Å². The summed E-state index contributed by atoms with van der Waals surface area (Å²) in [6.45, 7) is 0. The summed E-state index contributed by atoms with van der Waals surface area (Å²) in [5.74, 6) is -0.227. The molecule has 2 aromatic carbocycles. The summed E-state index contributed by atoms with van der Waals surface area (Å²) in [5.41, 5.74) is 2.05. The second-order valence-corrected chi connectivity index (χ2v) is 5.90. The summed E-state index contributed by atoms with van der Waals surface area (Å²) in [6, 6.07) is 13.1. The Bertz CT molecular complexity index is 588. The van der Waals surface area contributed by atoms with E-state index < -0.39 is 0 Å². The first-order chi connectivity index (χ1) is 9.61. The van der Waals surface area contributed by atoms with Crippen molar-refractivity contribution in [1.82, 2.24) is 5.32 Å². The Kier molecular flexibility index (Phi) is 5.58. The second kappa shape index (κ2) is 7.21. The molecule has 1 unspecified atom stereocenters. The molecule has 1 N–H and O–H groups in total. The number of rotatable bonds is 5. The zero-order chi connectivity index (χ0) is 14.5. The Morgan fingerprint density at radius 2 is 1.75 bits per heavy atom. The van der Waals surface area contributed by atoms with Gasteiger partial charge in [0.2, 0.25) is 0 Å². The van der Waals surface area contributed by atoms with Gasteiger partial charge in [0, 0.05) is 11.1 Å². The maximum absolute atomic E-state index is 13.5. The molecule has 2 rings (SSSR count). The highest BCUT2D eigenvalue weighted by Crippen LogP contribution is 2.23. The monoisotopic (exact) mass is 355 g/mol. The number of hydrogen-bond donors (Lipinski definition) is 1. The Morgan fingerprint density at radius 3 is 2.45 bits per heavy atom. The number of halogens is 3. The molecule has 0 aromatic heterocycles. The predicted octanol–water partition coefficient (Wildman–Crippen LogP) is 4.61. The smallest absolute Gasteiger partial charge is 0.137 e. The van der Waals surface area contributed by atoms with Gasteiger partial charge in [0.1, 0.15) is 5.82 Å². The molecule has 2 aromatic rings. The molecule has 0 aliphatic carbocycles. The van der Waals surface area contributed by atoms with Gasteiger partial charge in [-0.15, -0.1) is 0 Å². The van der Waals surface area contributed by atoms with Gasteiger partial charge in [-0.25, -0.2) is 4.39 Å². The van der Waals surface area contributed by atoms with Crippen molar-refractivity contribution in [3.63, 3.8) is 0 Å². The lowest BCUT2D eigenvalue weighted by Gasteiger charge is -2.18. The first-order valence-corrected chi connectivity index (χ1v) is 7.62. The van der Waals surface area contributed by atoms with Crippen molar-refractivity contribution in [2.75, 3.05) is 7.05 Å². The molecule has 0 saturated heterocycles.